The van der Waals surface area contributed by atoms with Crippen molar-refractivity contribution in [3.8, 4) is 5.75 Å². The van der Waals surface area contributed by atoms with Crippen molar-refractivity contribution in [1.29, 1.82) is 0 Å². The Morgan fingerprint density at radius 3 is 2.37 bits per heavy atom. The minimum absolute atomic E-state index is 0.0277. The van der Waals surface area contributed by atoms with Crippen LogP contribution >= 0.6 is 11.8 Å². The highest BCUT2D eigenvalue weighted by molar-refractivity contribution is 8.04. The van der Waals surface area contributed by atoms with Crippen LogP contribution in [-0.4, -0.2) is 48.3 Å². The monoisotopic (exact) mass is 432 g/mol. The van der Waals surface area contributed by atoms with Crippen molar-refractivity contribution in [1.82, 2.24) is 4.90 Å². The Kier molecular flexibility index (Phi) is 6.40. The molecule has 1 aromatic carbocycles. The van der Waals surface area contributed by atoms with Gasteiger partial charge in [0.25, 0.3) is 0 Å². The predicted octanol–water partition coefficient (Wildman–Crippen LogP) is 2.26. The van der Waals surface area contributed by atoms with Crippen LogP contribution in [0.25, 0.3) is 0 Å². The molecule has 2 aliphatic rings. The Hall–Kier alpha value is -2.94. The molecule has 30 heavy (non-hydrogen) atoms. The fourth-order valence-corrected chi connectivity index (χ4v) is 4.66. The molecule has 1 amide bonds. The van der Waals surface area contributed by atoms with Crippen LogP contribution in [0.1, 0.15) is 32.3 Å². The third kappa shape index (κ3) is 3.65. The number of esters is 2. The van der Waals surface area contributed by atoms with Gasteiger partial charge in [-0.15, -0.1) is 0 Å². The smallest absolute Gasteiger partial charge is 0.338 e. The molecule has 9 heteroatoms. The molecule has 0 radical (unpaired) electrons. The summed E-state index contributed by atoms with van der Waals surface area (Å²) in [6.07, 6.45) is 0. The number of amides is 1. The molecule has 160 valence electrons. The summed E-state index contributed by atoms with van der Waals surface area (Å²) in [6.45, 7) is 5.34. The van der Waals surface area contributed by atoms with Gasteiger partial charge in [0.2, 0.25) is 5.91 Å². The Morgan fingerprint density at radius 2 is 1.77 bits per heavy atom. The van der Waals surface area contributed by atoms with Crippen molar-refractivity contribution >= 4 is 29.6 Å². The topological polar surface area (TPSA) is 108 Å². The summed E-state index contributed by atoms with van der Waals surface area (Å²) < 4.78 is 15.8. The van der Waals surface area contributed by atoms with E-state index >= 15 is 0 Å². The second-order valence-corrected chi connectivity index (χ2v) is 7.93. The van der Waals surface area contributed by atoms with Gasteiger partial charge < -0.3 is 19.9 Å². The lowest BCUT2D eigenvalue weighted by Crippen LogP contribution is -2.40. The highest BCUT2D eigenvalue weighted by Crippen LogP contribution is 2.50. The van der Waals surface area contributed by atoms with Crippen molar-refractivity contribution in [2.45, 2.75) is 31.9 Å². The van der Waals surface area contributed by atoms with Crippen LogP contribution in [0.15, 0.2) is 46.3 Å². The van der Waals surface area contributed by atoms with Gasteiger partial charge in [0.1, 0.15) is 11.6 Å². The molecule has 0 unspecified atom stereocenters. The van der Waals surface area contributed by atoms with Crippen LogP contribution in [-0.2, 0) is 23.9 Å². The van der Waals surface area contributed by atoms with Gasteiger partial charge in [-0.3, -0.25) is 9.69 Å². The summed E-state index contributed by atoms with van der Waals surface area (Å²) in [5.41, 5.74) is 7.15. The number of carbonyl (C=O) groups is 3. The van der Waals surface area contributed by atoms with Gasteiger partial charge in [0, 0.05) is 0 Å². The molecule has 0 aromatic heterocycles. The standard InChI is InChI=1S/C21H24N2O6S/c1-5-28-20(25)15-14(12-8-7-9-13(10-12)27-4)16(21(26)29-6-2)19-23(17(15)22)18(24)11(3)30-19/h7-11,14H,5-6,22H2,1-4H3/t11-,14-/m1/s1. The molecule has 3 rings (SSSR count). The van der Waals surface area contributed by atoms with Crippen molar-refractivity contribution in [2.24, 2.45) is 5.73 Å². The van der Waals surface area contributed by atoms with Crippen LogP contribution in [0, 0.1) is 0 Å². The average molecular weight is 432 g/mol. The zero-order chi connectivity index (χ0) is 22.0. The Morgan fingerprint density at radius 1 is 1.13 bits per heavy atom. The summed E-state index contributed by atoms with van der Waals surface area (Å²) in [7, 11) is 1.52. The molecule has 2 N–H and O–H groups in total. The van der Waals surface area contributed by atoms with Gasteiger partial charge in [-0.25, -0.2) is 9.59 Å². The molecule has 0 bridgehead atoms. The van der Waals surface area contributed by atoms with Gasteiger partial charge in [-0.2, -0.15) is 0 Å². The van der Waals surface area contributed by atoms with E-state index in [1.807, 2.05) is 0 Å². The van der Waals surface area contributed by atoms with Crippen LogP contribution in [0.4, 0.5) is 0 Å². The largest absolute Gasteiger partial charge is 0.497 e. The van der Waals surface area contributed by atoms with Crippen molar-refractivity contribution < 1.29 is 28.6 Å². The van der Waals surface area contributed by atoms with Gasteiger partial charge in [-0.1, -0.05) is 23.9 Å². The Balaban J connectivity index is 2.30. The van der Waals surface area contributed by atoms with E-state index < -0.39 is 23.1 Å². The first kappa shape index (κ1) is 21.8. The molecular formula is C21H24N2O6S. The minimum Gasteiger partial charge on any atom is -0.497 e. The lowest BCUT2D eigenvalue weighted by atomic mass is 9.82. The lowest BCUT2D eigenvalue weighted by molar-refractivity contribution is -0.139. The summed E-state index contributed by atoms with van der Waals surface area (Å²) in [6, 6.07) is 6.99. The van der Waals surface area contributed by atoms with Crippen molar-refractivity contribution in [3.05, 3.63) is 51.8 Å². The Labute approximate surface area is 179 Å². The fourth-order valence-electron chi connectivity index (χ4n) is 3.50. The van der Waals surface area contributed by atoms with Gasteiger partial charge >= 0.3 is 11.9 Å². The third-order valence-corrected chi connectivity index (χ3v) is 5.98. The highest BCUT2D eigenvalue weighted by atomic mass is 32.2. The molecular weight excluding hydrogens is 408 g/mol. The minimum atomic E-state index is -0.866. The molecule has 0 aliphatic carbocycles. The molecule has 8 nitrogen and oxygen atoms in total. The summed E-state index contributed by atoms with van der Waals surface area (Å²) in [4.78, 5) is 40.0. The molecule has 1 fully saturated rings. The molecule has 0 saturated carbocycles. The number of thioether (sulfide) groups is 1. The number of ether oxygens (including phenoxy) is 3. The zero-order valence-electron chi connectivity index (χ0n) is 17.3. The Bertz CT molecular complexity index is 955. The maximum Gasteiger partial charge on any atom is 0.338 e. The molecule has 2 heterocycles. The number of carbonyl (C=O) groups excluding carboxylic acids is 3. The van der Waals surface area contributed by atoms with E-state index in [1.54, 1.807) is 45.0 Å². The zero-order valence-corrected chi connectivity index (χ0v) is 18.1. The number of fused-ring (bicyclic) bond motifs is 1. The summed E-state index contributed by atoms with van der Waals surface area (Å²) in [5.74, 6) is -1.97. The number of nitrogens with two attached hydrogens (primary N) is 1. The first-order valence-electron chi connectivity index (χ1n) is 9.58. The second kappa shape index (κ2) is 8.83. The highest BCUT2D eigenvalue weighted by Gasteiger charge is 2.49. The SMILES string of the molecule is CCOC(=O)C1=C(N)N2C(=O)[C@@H](C)SC2=C(C(=O)OCC)[C@@H]1c1cccc(OC)c1. The third-order valence-electron chi connectivity index (χ3n) is 4.80. The number of methoxy groups -OCH3 is 1. The van der Waals surface area contributed by atoms with E-state index in [0.717, 1.165) is 0 Å². The van der Waals surface area contributed by atoms with E-state index in [4.69, 9.17) is 19.9 Å². The first-order valence-corrected chi connectivity index (χ1v) is 10.5. The van der Waals surface area contributed by atoms with Gasteiger partial charge in [0.05, 0.1) is 47.7 Å². The van der Waals surface area contributed by atoms with Crippen LogP contribution < -0.4 is 10.5 Å². The van der Waals surface area contributed by atoms with Gasteiger partial charge in [-0.05, 0) is 38.5 Å². The fraction of sp³-hybridized carbons (Fsp3) is 0.381. The maximum atomic E-state index is 13.0. The molecule has 1 saturated heterocycles. The molecule has 1 aromatic rings. The van der Waals surface area contributed by atoms with E-state index in [9.17, 15) is 14.4 Å². The second-order valence-electron chi connectivity index (χ2n) is 6.60. The van der Waals surface area contributed by atoms with E-state index in [1.165, 1.54) is 23.8 Å². The molecule has 2 aliphatic heterocycles. The molecule has 2 atom stereocenters. The van der Waals surface area contributed by atoms with Gasteiger partial charge in [0.15, 0.2) is 0 Å². The van der Waals surface area contributed by atoms with Crippen molar-refractivity contribution in [3.63, 3.8) is 0 Å². The maximum absolute atomic E-state index is 13.0. The number of hydrogen-bond donors (Lipinski definition) is 1. The first-order chi connectivity index (χ1) is 14.3. The summed E-state index contributed by atoms with van der Waals surface area (Å²) >= 11 is 1.22. The number of nitrogens with zero attached hydrogens (tertiary/aromatic N) is 1. The van der Waals surface area contributed by atoms with Crippen molar-refractivity contribution in [2.75, 3.05) is 20.3 Å². The van der Waals surface area contributed by atoms with Crippen LogP contribution in [0.2, 0.25) is 0 Å². The number of benzene rings is 1. The van der Waals surface area contributed by atoms with E-state index in [2.05, 4.69) is 0 Å². The number of hydrogen-bond acceptors (Lipinski definition) is 8. The quantitative estimate of drug-likeness (QED) is 0.682. The predicted molar refractivity (Wildman–Crippen MR) is 111 cm³/mol. The van der Waals surface area contributed by atoms with E-state index in [-0.39, 0.29) is 36.1 Å². The van der Waals surface area contributed by atoms with Crippen LogP contribution in [0.3, 0.4) is 0 Å². The number of rotatable bonds is 6. The normalized spacial score (nSPS) is 20.9. The van der Waals surface area contributed by atoms with E-state index in [0.29, 0.717) is 16.3 Å². The lowest BCUT2D eigenvalue weighted by Gasteiger charge is -2.33. The van der Waals surface area contributed by atoms with Crippen LogP contribution in [0.5, 0.6) is 5.75 Å². The average Bonchev–Trinajstić information content (AvgIpc) is 3.02. The molecule has 0 spiro atoms. The summed E-state index contributed by atoms with van der Waals surface area (Å²) in [5, 5.41) is -0.0835.